The number of aliphatic hydroxyl groups excluding tert-OH is 1. The molecule has 0 aliphatic heterocycles. The Hall–Kier alpha value is -0.860. The van der Waals surface area contributed by atoms with Crippen LogP contribution in [0.4, 0.5) is 0 Å². The van der Waals surface area contributed by atoms with E-state index < -0.39 is 0 Å². The van der Waals surface area contributed by atoms with Gasteiger partial charge in [0.2, 0.25) is 0 Å². The van der Waals surface area contributed by atoms with E-state index in [4.69, 9.17) is 5.11 Å². The van der Waals surface area contributed by atoms with Crippen LogP contribution < -0.4 is 5.32 Å². The zero-order chi connectivity index (χ0) is 10.4. The summed E-state index contributed by atoms with van der Waals surface area (Å²) >= 11 is 0. The summed E-state index contributed by atoms with van der Waals surface area (Å²) in [7, 11) is 0. The van der Waals surface area contributed by atoms with Gasteiger partial charge in [-0.25, -0.2) is 0 Å². The molecule has 0 amide bonds. The maximum Gasteiger partial charge on any atom is 0.0556 e. The summed E-state index contributed by atoms with van der Waals surface area (Å²) in [5.74, 6) is 0.592. The highest BCUT2D eigenvalue weighted by Crippen LogP contribution is 2.14. The fourth-order valence-corrected chi connectivity index (χ4v) is 1.33. The van der Waals surface area contributed by atoms with Crippen LogP contribution in [0.1, 0.15) is 30.9 Å². The molecule has 0 unspecified atom stereocenters. The quantitative estimate of drug-likeness (QED) is 0.700. The number of rotatable bonds is 5. The molecule has 0 aliphatic rings. The molecule has 78 valence electrons. The minimum atomic E-state index is 0.198. The van der Waals surface area contributed by atoms with Crippen LogP contribution in [0.5, 0.6) is 0 Å². The van der Waals surface area contributed by atoms with E-state index >= 15 is 0 Å². The molecule has 0 atom stereocenters. The zero-order valence-corrected chi connectivity index (χ0v) is 8.96. The van der Waals surface area contributed by atoms with Gasteiger partial charge in [-0.2, -0.15) is 0 Å². The highest BCUT2D eigenvalue weighted by molar-refractivity contribution is 5.24. The molecule has 0 bridgehead atoms. The van der Waals surface area contributed by atoms with Crippen molar-refractivity contribution in [3.63, 3.8) is 0 Å². The maximum absolute atomic E-state index is 8.60. The summed E-state index contributed by atoms with van der Waals surface area (Å²) in [5.41, 5.74) is 2.64. The highest BCUT2D eigenvalue weighted by Gasteiger charge is 1.98. The highest BCUT2D eigenvalue weighted by atomic mass is 16.3. The monoisotopic (exact) mass is 193 g/mol. The molecule has 2 N–H and O–H groups in total. The Labute approximate surface area is 86.0 Å². The lowest BCUT2D eigenvalue weighted by Gasteiger charge is -2.07. The van der Waals surface area contributed by atoms with E-state index in [0.717, 1.165) is 6.54 Å². The third kappa shape index (κ3) is 3.48. The van der Waals surface area contributed by atoms with Crippen LogP contribution in [0.3, 0.4) is 0 Å². The number of benzene rings is 1. The van der Waals surface area contributed by atoms with Crippen LogP contribution in [-0.4, -0.2) is 18.3 Å². The average molecular weight is 193 g/mol. The summed E-state index contributed by atoms with van der Waals surface area (Å²) in [6.45, 7) is 6.08. The van der Waals surface area contributed by atoms with Crippen molar-refractivity contribution in [3.05, 3.63) is 35.4 Å². The first-order chi connectivity index (χ1) is 6.74. The van der Waals surface area contributed by atoms with Crippen molar-refractivity contribution in [2.75, 3.05) is 13.2 Å². The van der Waals surface area contributed by atoms with E-state index in [9.17, 15) is 0 Å². The first-order valence-corrected chi connectivity index (χ1v) is 5.14. The first-order valence-electron chi connectivity index (χ1n) is 5.14. The Morgan fingerprint density at radius 1 is 1.21 bits per heavy atom. The molecule has 0 aliphatic carbocycles. The van der Waals surface area contributed by atoms with Crippen molar-refractivity contribution in [2.45, 2.75) is 26.3 Å². The largest absolute Gasteiger partial charge is 0.395 e. The molecule has 0 radical (unpaired) electrons. The van der Waals surface area contributed by atoms with Gasteiger partial charge in [-0.15, -0.1) is 0 Å². The van der Waals surface area contributed by atoms with Gasteiger partial charge < -0.3 is 10.4 Å². The van der Waals surface area contributed by atoms with Gasteiger partial charge in [0, 0.05) is 13.1 Å². The molecule has 2 heteroatoms. The Morgan fingerprint density at radius 2 is 1.86 bits per heavy atom. The molecule has 0 fully saturated rings. The lowest BCUT2D eigenvalue weighted by atomic mass is 10.0. The van der Waals surface area contributed by atoms with Crippen molar-refractivity contribution in [3.8, 4) is 0 Å². The third-order valence-corrected chi connectivity index (χ3v) is 2.26. The van der Waals surface area contributed by atoms with Gasteiger partial charge in [-0.05, 0) is 17.0 Å². The van der Waals surface area contributed by atoms with E-state index in [1.165, 1.54) is 11.1 Å². The van der Waals surface area contributed by atoms with Crippen LogP contribution >= 0.6 is 0 Å². The van der Waals surface area contributed by atoms with E-state index in [1.807, 2.05) is 0 Å². The van der Waals surface area contributed by atoms with Gasteiger partial charge in [0.1, 0.15) is 0 Å². The summed E-state index contributed by atoms with van der Waals surface area (Å²) < 4.78 is 0. The number of hydrogen-bond acceptors (Lipinski definition) is 2. The van der Waals surface area contributed by atoms with Crippen LogP contribution in [0.2, 0.25) is 0 Å². The van der Waals surface area contributed by atoms with E-state index in [1.54, 1.807) is 0 Å². The van der Waals surface area contributed by atoms with E-state index in [2.05, 4.69) is 43.4 Å². The van der Waals surface area contributed by atoms with Gasteiger partial charge in [0.25, 0.3) is 0 Å². The molecule has 0 aromatic heterocycles. The van der Waals surface area contributed by atoms with Gasteiger partial charge in [-0.1, -0.05) is 38.1 Å². The Bertz CT molecular complexity index is 254. The lowest BCUT2D eigenvalue weighted by Crippen LogP contribution is -2.17. The van der Waals surface area contributed by atoms with Gasteiger partial charge >= 0.3 is 0 Å². The molecule has 14 heavy (non-hydrogen) atoms. The van der Waals surface area contributed by atoms with Crippen LogP contribution in [-0.2, 0) is 6.54 Å². The fourth-order valence-electron chi connectivity index (χ4n) is 1.33. The average Bonchev–Trinajstić information content (AvgIpc) is 2.19. The SMILES string of the molecule is CC(C)c1ccc(CNCCO)cc1. The molecule has 0 spiro atoms. The third-order valence-electron chi connectivity index (χ3n) is 2.26. The predicted molar refractivity (Wildman–Crippen MR) is 59.3 cm³/mol. The van der Waals surface area contributed by atoms with Crippen LogP contribution in [0.15, 0.2) is 24.3 Å². The van der Waals surface area contributed by atoms with E-state index in [-0.39, 0.29) is 6.61 Å². The lowest BCUT2D eigenvalue weighted by molar-refractivity contribution is 0.292. The normalized spacial score (nSPS) is 10.9. The van der Waals surface area contributed by atoms with Crippen molar-refractivity contribution in [2.24, 2.45) is 0 Å². The van der Waals surface area contributed by atoms with Crippen LogP contribution in [0, 0.1) is 0 Å². The van der Waals surface area contributed by atoms with Gasteiger partial charge in [-0.3, -0.25) is 0 Å². The predicted octanol–water partition coefficient (Wildman–Crippen LogP) is 1.89. The molecule has 1 aromatic rings. The first kappa shape index (κ1) is 11.2. The number of hydrogen-bond donors (Lipinski definition) is 2. The van der Waals surface area contributed by atoms with Gasteiger partial charge in [0.15, 0.2) is 0 Å². The second kappa shape index (κ2) is 5.78. The molecule has 1 aromatic carbocycles. The maximum atomic E-state index is 8.60. The zero-order valence-electron chi connectivity index (χ0n) is 8.96. The summed E-state index contributed by atoms with van der Waals surface area (Å²) in [6, 6.07) is 8.61. The molecule has 2 nitrogen and oxygen atoms in total. The summed E-state index contributed by atoms with van der Waals surface area (Å²) in [4.78, 5) is 0. The van der Waals surface area contributed by atoms with Crippen molar-refractivity contribution in [1.29, 1.82) is 0 Å². The molecule has 1 rings (SSSR count). The van der Waals surface area contributed by atoms with Crippen molar-refractivity contribution < 1.29 is 5.11 Å². The van der Waals surface area contributed by atoms with Crippen molar-refractivity contribution in [1.82, 2.24) is 5.32 Å². The van der Waals surface area contributed by atoms with Crippen molar-refractivity contribution >= 4 is 0 Å². The number of nitrogens with one attached hydrogen (secondary N) is 1. The summed E-state index contributed by atoms with van der Waals surface area (Å²) in [6.07, 6.45) is 0. The topological polar surface area (TPSA) is 32.3 Å². The Morgan fingerprint density at radius 3 is 2.36 bits per heavy atom. The Balaban J connectivity index is 2.47. The smallest absolute Gasteiger partial charge is 0.0556 e. The second-order valence-corrected chi connectivity index (χ2v) is 3.80. The Kier molecular flexibility index (Phi) is 4.63. The minimum Gasteiger partial charge on any atom is -0.395 e. The van der Waals surface area contributed by atoms with Gasteiger partial charge in [0.05, 0.1) is 6.61 Å². The minimum absolute atomic E-state index is 0.198. The molecular weight excluding hydrogens is 174 g/mol. The van der Waals surface area contributed by atoms with Crippen LogP contribution in [0.25, 0.3) is 0 Å². The molecule has 0 heterocycles. The molecular formula is C12H19NO. The second-order valence-electron chi connectivity index (χ2n) is 3.80. The molecule has 0 saturated carbocycles. The van der Waals surface area contributed by atoms with E-state index in [0.29, 0.717) is 12.5 Å². The summed E-state index contributed by atoms with van der Waals surface area (Å²) in [5, 5.41) is 11.7. The molecule has 0 saturated heterocycles. The fraction of sp³-hybridized carbons (Fsp3) is 0.500. The standard InChI is InChI=1S/C12H19NO/c1-10(2)12-5-3-11(4-6-12)9-13-7-8-14/h3-6,10,13-14H,7-9H2,1-2H3. The number of aliphatic hydroxyl groups is 1.